The monoisotopic (exact) mass is 188 g/mol. The Labute approximate surface area is 78.5 Å². The summed E-state index contributed by atoms with van der Waals surface area (Å²) in [7, 11) is 3.38. The molecule has 1 rings (SSSR count). The van der Waals surface area contributed by atoms with Crippen molar-refractivity contribution in [3.8, 4) is 0 Å². The number of ether oxygens (including phenoxy) is 1. The number of rotatable bonds is 1. The van der Waals surface area contributed by atoms with Gasteiger partial charge in [-0.2, -0.15) is 0 Å². The van der Waals surface area contributed by atoms with Crippen molar-refractivity contribution in [2.24, 2.45) is 5.92 Å². The molecule has 1 unspecified atom stereocenters. The van der Waals surface area contributed by atoms with Gasteiger partial charge in [-0.05, 0) is 6.92 Å². The van der Waals surface area contributed by atoms with E-state index in [-0.39, 0.29) is 11.9 Å². The zero-order valence-corrected chi connectivity index (χ0v) is 8.46. The predicted molar refractivity (Wildman–Crippen MR) is 47.4 cm³/mol. The minimum Gasteiger partial charge on any atom is -0.469 e. The van der Waals surface area contributed by atoms with Gasteiger partial charge >= 0.3 is 5.97 Å². The number of aliphatic hydroxyl groups is 1. The van der Waals surface area contributed by atoms with Crippen molar-refractivity contribution < 1.29 is 19.5 Å². The van der Waals surface area contributed by atoms with Crippen LogP contribution in [0.2, 0.25) is 0 Å². The van der Waals surface area contributed by atoms with Crippen molar-refractivity contribution in [1.82, 2.24) is 0 Å². The van der Waals surface area contributed by atoms with Gasteiger partial charge in [0, 0.05) is 6.42 Å². The van der Waals surface area contributed by atoms with Crippen LogP contribution in [0, 0.1) is 5.92 Å². The summed E-state index contributed by atoms with van der Waals surface area (Å²) in [4.78, 5) is 12.6. The smallest absolute Gasteiger partial charge is 0.317 e. The van der Waals surface area contributed by atoms with E-state index in [1.165, 1.54) is 12.0 Å². The summed E-state index contributed by atoms with van der Waals surface area (Å²) in [5, 5.41) is 9.94. The van der Waals surface area contributed by atoms with E-state index in [0.717, 1.165) is 6.54 Å². The number of likely N-dealkylation sites (tertiary alicyclic amines) is 1. The fraction of sp³-hybridized carbons (Fsp3) is 0.889. The van der Waals surface area contributed by atoms with Crippen LogP contribution >= 0.6 is 0 Å². The molecule has 0 amide bonds. The summed E-state index contributed by atoms with van der Waals surface area (Å²) in [5.41, 5.74) is -0.896. The molecule has 1 aliphatic rings. The number of carbonyl (C=O) groups excluding carboxylic acids is 1. The molecule has 0 aromatic heterocycles. The lowest BCUT2D eigenvalue weighted by Crippen LogP contribution is -3.12. The number of piperidine rings is 1. The van der Waals surface area contributed by atoms with Crippen LogP contribution in [0.15, 0.2) is 0 Å². The molecule has 76 valence electrons. The molecule has 0 aromatic carbocycles. The topological polar surface area (TPSA) is 51.0 Å². The Balaban J connectivity index is 2.72. The molecule has 13 heavy (non-hydrogen) atoms. The summed E-state index contributed by atoms with van der Waals surface area (Å²) in [5.74, 6) is -0.685. The molecule has 0 radical (unpaired) electrons. The van der Waals surface area contributed by atoms with E-state index in [9.17, 15) is 9.90 Å². The number of esters is 1. The second kappa shape index (κ2) is 3.64. The van der Waals surface area contributed by atoms with E-state index in [1.807, 2.05) is 7.05 Å². The molecule has 3 atom stereocenters. The second-order valence-corrected chi connectivity index (χ2v) is 4.09. The molecular formula is C9H18NO3+. The van der Waals surface area contributed by atoms with Crippen molar-refractivity contribution in [3.05, 3.63) is 0 Å². The second-order valence-electron chi connectivity index (χ2n) is 4.09. The first-order valence-electron chi connectivity index (χ1n) is 4.59. The van der Waals surface area contributed by atoms with Gasteiger partial charge in [0.05, 0.1) is 32.8 Å². The third-order valence-corrected chi connectivity index (χ3v) is 2.85. The van der Waals surface area contributed by atoms with Gasteiger partial charge in [-0.3, -0.25) is 4.79 Å². The lowest BCUT2D eigenvalue weighted by molar-refractivity contribution is -0.890. The zero-order valence-electron chi connectivity index (χ0n) is 8.46. The van der Waals surface area contributed by atoms with Crippen LogP contribution in [0.3, 0.4) is 0 Å². The lowest BCUT2D eigenvalue weighted by Gasteiger charge is -2.37. The van der Waals surface area contributed by atoms with Gasteiger partial charge in [0.15, 0.2) is 0 Å². The highest BCUT2D eigenvalue weighted by Crippen LogP contribution is 2.22. The van der Waals surface area contributed by atoms with Gasteiger partial charge in [0.2, 0.25) is 0 Å². The predicted octanol–water partition coefficient (Wildman–Crippen LogP) is -1.55. The first kappa shape index (κ1) is 10.5. The van der Waals surface area contributed by atoms with Crippen LogP contribution < -0.4 is 4.90 Å². The van der Waals surface area contributed by atoms with Crippen LogP contribution in [-0.2, 0) is 9.53 Å². The van der Waals surface area contributed by atoms with Gasteiger partial charge in [-0.15, -0.1) is 0 Å². The number of hydrogen-bond acceptors (Lipinski definition) is 3. The van der Waals surface area contributed by atoms with E-state index in [2.05, 4.69) is 4.74 Å². The highest BCUT2D eigenvalue weighted by atomic mass is 16.5. The first-order chi connectivity index (χ1) is 5.97. The zero-order chi connectivity index (χ0) is 10.1. The number of nitrogens with one attached hydrogen (secondary N) is 1. The summed E-state index contributed by atoms with van der Waals surface area (Å²) < 4.78 is 4.66. The quantitative estimate of drug-likeness (QED) is 0.490. The third-order valence-electron chi connectivity index (χ3n) is 2.85. The van der Waals surface area contributed by atoms with E-state index >= 15 is 0 Å². The fourth-order valence-electron chi connectivity index (χ4n) is 1.79. The number of methoxy groups -OCH3 is 1. The van der Waals surface area contributed by atoms with Gasteiger partial charge in [0.25, 0.3) is 0 Å². The highest BCUT2D eigenvalue weighted by molar-refractivity contribution is 5.73. The van der Waals surface area contributed by atoms with Crippen molar-refractivity contribution in [2.45, 2.75) is 18.9 Å². The van der Waals surface area contributed by atoms with E-state index in [0.29, 0.717) is 13.0 Å². The van der Waals surface area contributed by atoms with Crippen molar-refractivity contribution in [2.75, 3.05) is 27.2 Å². The number of hydrogen-bond donors (Lipinski definition) is 2. The van der Waals surface area contributed by atoms with E-state index in [1.54, 1.807) is 6.92 Å². The molecule has 0 bridgehead atoms. The van der Waals surface area contributed by atoms with Crippen LogP contribution in [0.5, 0.6) is 0 Å². The van der Waals surface area contributed by atoms with Crippen LogP contribution in [0.25, 0.3) is 0 Å². The average Bonchev–Trinajstić information content (AvgIpc) is 2.08. The Hall–Kier alpha value is -0.610. The molecule has 0 aliphatic carbocycles. The maximum atomic E-state index is 11.3. The molecule has 1 heterocycles. The Bertz CT molecular complexity index is 203. The van der Waals surface area contributed by atoms with Gasteiger partial charge in [0.1, 0.15) is 5.92 Å². The molecule has 4 nitrogen and oxygen atoms in total. The van der Waals surface area contributed by atoms with E-state index < -0.39 is 5.60 Å². The Morgan fingerprint density at radius 2 is 2.31 bits per heavy atom. The molecule has 0 aromatic rings. The van der Waals surface area contributed by atoms with Crippen LogP contribution in [0.4, 0.5) is 0 Å². The van der Waals surface area contributed by atoms with Crippen molar-refractivity contribution in [1.29, 1.82) is 0 Å². The van der Waals surface area contributed by atoms with Crippen LogP contribution in [0.1, 0.15) is 13.3 Å². The van der Waals surface area contributed by atoms with Crippen LogP contribution in [-0.4, -0.2) is 43.9 Å². The van der Waals surface area contributed by atoms with Gasteiger partial charge in [-0.25, -0.2) is 0 Å². The molecule has 1 aliphatic heterocycles. The maximum absolute atomic E-state index is 11.3. The molecule has 2 N–H and O–H groups in total. The number of quaternary nitrogens is 1. The minimum absolute atomic E-state index is 0.302. The molecule has 0 spiro atoms. The molecular weight excluding hydrogens is 170 g/mol. The lowest BCUT2D eigenvalue weighted by atomic mass is 9.83. The fourth-order valence-corrected chi connectivity index (χ4v) is 1.79. The summed E-state index contributed by atoms with van der Waals surface area (Å²) >= 11 is 0. The molecule has 0 saturated carbocycles. The van der Waals surface area contributed by atoms with E-state index in [4.69, 9.17) is 0 Å². The Kier molecular flexibility index (Phi) is 2.93. The third kappa shape index (κ3) is 2.19. The number of carbonyl (C=O) groups is 1. The first-order valence-corrected chi connectivity index (χ1v) is 4.59. The van der Waals surface area contributed by atoms with Gasteiger partial charge in [-0.1, -0.05) is 0 Å². The molecule has 1 fully saturated rings. The summed E-state index contributed by atoms with van der Waals surface area (Å²) in [6.07, 6.45) is 0.651. The molecule has 1 saturated heterocycles. The summed E-state index contributed by atoms with van der Waals surface area (Å²) in [6, 6.07) is 0. The maximum Gasteiger partial charge on any atom is 0.317 e. The normalized spacial score (nSPS) is 40.0. The highest BCUT2D eigenvalue weighted by Gasteiger charge is 2.44. The Morgan fingerprint density at radius 1 is 1.69 bits per heavy atom. The van der Waals surface area contributed by atoms with Gasteiger partial charge < -0.3 is 14.7 Å². The van der Waals surface area contributed by atoms with Crippen molar-refractivity contribution >= 4 is 5.97 Å². The molecule has 4 heteroatoms. The largest absolute Gasteiger partial charge is 0.469 e. The standard InChI is InChI=1S/C9H17NO3/c1-9(12)4-5-10(2)6-7(9)8(11)13-3/h7,12H,4-6H2,1-3H3/p+1/t7-,9+/m0/s1. The Morgan fingerprint density at radius 3 is 2.85 bits per heavy atom. The average molecular weight is 188 g/mol. The summed E-state index contributed by atoms with van der Waals surface area (Å²) in [6.45, 7) is 3.27. The SMILES string of the molecule is COC(=O)[C@@H]1C[NH+](C)CC[C@@]1(C)O. The van der Waals surface area contributed by atoms with Crippen molar-refractivity contribution in [3.63, 3.8) is 0 Å². The minimum atomic E-state index is -0.896.